The fourth-order valence-corrected chi connectivity index (χ4v) is 1.52. The number of nitrogens with one attached hydrogen (secondary N) is 2. The van der Waals surface area contributed by atoms with Gasteiger partial charge in [-0.25, -0.2) is 4.98 Å². The summed E-state index contributed by atoms with van der Waals surface area (Å²) in [6, 6.07) is 7.82. The molecule has 0 aliphatic carbocycles. The molecule has 4 heteroatoms. The highest BCUT2D eigenvalue weighted by Crippen LogP contribution is 2.13. The van der Waals surface area contributed by atoms with Crippen molar-refractivity contribution >= 4 is 16.9 Å². The van der Waals surface area contributed by atoms with Gasteiger partial charge < -0.3 is 10.3 Å². The van der Waals surface area contributed by atoms with Crippen LogP contribution in [0.15, 0.2) is 24.3 Å². The van der Waals surface area contributed by atoms with Gasteiger partial charge in [0.2, 0.25) is 5.91 Å². The molecule has 4 nitrogen and oxygen atoms in total. The number of amides is 1. The minimum atomic E-state index is -0.369. The first kappa shape index (κ1) is 11.6. The van der Waals surface area contributed by atoms with Crippen LogP contribution >= 0.6 is 0 Å². The van der Waals surface area contributed by atoms with E-state index in [0.717, 1.165) is 16.9 Å². The molecule has 0 atom stereocenters. The predicted molar refractivity (Wildman–Crippen MR) is 67.4 cm³/mol. The van der Waals surface area contributed by atoms with Crippen molar-refractivity contribution in [2.45, 2.75) is 27.3 Å². The Balaban J connectivity index is 2.07. The molecule has 1 heterocycles. The molecule has 17 heavy (non-hydrogen) atoms. The zero-order valence-corrected chi connectivity index (χ0v) is 10.4. The summed E-state index contributed by atoms with van der Waals surface area (Å²) in [6.07, 6.45) is 0. The number of benzene rings is 1. The number of imidazole rings is 1. The Morgan fingerprint density at radius 2 is 2.06 bits per heavy atom. The van der Waals surface area contributed by atoms with E-state index in [0.29, 0.717) is 6.54 Å². The smallest absolute Gasteiger partial charge is 0.225 e. The number of hydrogen-bond acceptors (Lipinski definition) is 2. The van der Waals surface area contributed by atoms with E-state index in [-0.39, 0.29) is 11.3 Å². The number of para-hydroxylation sites is 2. The summed E-state index contributed by atoms with van der Waals surface area (Å²) in [5.74, 6) is 0.807. The standard InChI is InChI=1S/C13H17N3O/c1-13(2,3)12(17)14-8-11-15-9-6-4-5-7-10(9)16-11/h4-7H,8H2,1-3H3,(H,14,17)(H,15,16). The second-order valence-corrected chi connectivity index (χ2v) is 5.13. The van der Waals surface area contributed by atoms with Gasteiger partial charge in [0.25, 0.3) is 0 Å². The molecule has 0 aliphatic rings. The summed E-state index contributed by atoms with van der Waals surface area (Å²) >= 11 is 0. The van der Waals surface area contributed by atoms with Crippen LogP contribution in [0.2, 0.25) is 0 Å². The van der Waals surface area contributed by atoms with Gasteiger partial charge in [-0.15, -0.1) is 0 Å². The molecule has 1 aromatic carbocycles. The highest BCUT2D eigenvalue weighted by Gasteiger charge is 2.20. The van der Waals surface area contributed by atoms with Gasteiger partial charge in [0, 0.05) is 5.41 Å². The van der Waals surface area contributed by atoms with Crippen LogP contribution in [0.25, 0.3) is 11.0 Å². The quantitative estimate of drug-likeness (QED) is 0.832. The number of carbonyl (C=O) groups excluding carboxylic acids is 1. The number of aromatic nitrogens is 2. The van der Waals surface area contributed by atoms with Crippen LogP contribution in [0.5, 0.6) is 0 Å². The molecule has 2 aromatic rings. The molecule has 0 radical (unpaired) electrons. The van der Waals surface area contributed by atoms with Crippen LogP contribution in [0.1, 0.15) is 26.6 Å². The summed E-state index contributed by atoms with van der Waals surface area (Å²) in [4.78, 5) is 19.3. The molecule has 0 fully saturated rings. The average Bonchev–Trinajstić information content (AvgIpc) is 2.66. The average molecular weight is 231 g/mol. The fourth-order valence-electron chi connectivity index (χ4n) is 1.52. The van der Waals surface area contributed by atoms with Gasteiger partial charge in [-0.3, -0.25) is 4.79 Å². The Hall–Kier alpha value is -1.84. The molecule has 0 bridgehead atoms. The van der Waals surface area contributed by atoms with Crippen molar-refractivity contribution in [2.24, 2.45) is 5.41 Å². The number of fused-ring (bicyclic) bond motifs is 1. The molecule has 2 N–H and O–H groups in total. The molecule has 0 aliphatic heterocycles. The van der Waals surface area contributed by atoms with Crippen molar-refractivity contribution in [1.29, 1.82) is 0 Å². The first-order valence-electron chi connectivity index (χ1n) is 5.69. The third kappa shape index (κ3) is 2.64. The molecule has 0 saturated carbocycles. The number of hydrogen-bond donors (Lipinski definition) is 2. The van der Waals surface area contributed by atoms with Gasteiger partial charge in [0.1, 0.15) is 5.82 Å². The van der Waals surface area contributed by atoms with E-state index >= 15 is 0 Å². The zero-order valence-electron chi connectivity index (χ0n) is 10.4. The van der Waals surface area contributed by atoms with Crippen molar-refractivity contribution in [3.8, 4) is 0 Å². The highest BCUT2D eigenvalue weighted by molar-refractivity contribution is 5.81. The lowest BCUT2D eigenvalue weighted by molar-refractivity contribution is -0.128. The van der Waals surface area contributed by atoms with Crippen molar-refractivity contribution in [1.82, 2.24) is 15.3 Å². The SMILES string of the molecule is CC(C)(C)C(=O)NCc1nc2ccccc2[nH]1. The van der Waals surface area contributed by atoms with Crippen molar-refractivity contribution in [3.05, 3.63) is 30.1 Å². The monoisotopic (exact) mass is 231 g/mol. The van der Waals surface area contributed by atoms with Gasteiger partial charge in [-0.2, -0.15) is 0 Å². The van der Waals surface area contributed by atoms with Crippen LogP contribution in [-0.2, 0) is 11.3 Å². The lowest BCUT2D eigenvalue weighted by Gasteiger charge is -2.16. The van der Waals surface area contributed by atoms with E-state index in [9.17, 15) is 4.79 Å². The maximum Gasteiger partial charge on any atom is 0.225 e. The minimum absolute atomic E-state index is 0.0259. The first-order valence-corrected chi connectivity index (χ1v) is 5.69. The Kier molecular flexibility index (Phi) is 2.88. The van der Waals surface area contributed by atoms with Crippen LogP contribution in [0, 0.1) is 5.41 Å². The fraction of sp³-hybridized carbons (Fsp3) is 0.385. The third-order valence-electron chi connectivity index (χ3n) is 2.54. The van der Waals surface area contributed by atoms with Crippen LogP contribution < -0.4 is 5.32 Å². The molecule has 0 saturated heterocycles. The third-order valence-corrected chi connectivity index (χ3v) is 2.54. The summed E-state index contributed by atoms with van der Waals surface area (Å²) in [6.45, 7) is 6.10. The van der Waals surface area contributed by atoms with E-state index in [1.807, 2.05) is 45.0 Å². The van der Waals surface area contributed by atoms with Crippen molar-refractivity contribution in [3.63, 3.8) is 0 Å². The van der Waals surface area contributed by atoms with E-state index in [2.05, 4.69) is 15.3 Å². The largest absolute Gasteiger partial charge is 0.348 e. The maximum atomic E-state index is 11.7. The second-order valence-electron chi connectivity index (χ2n) is 5.13. The van der Waals surface area contributed by atoms with E-state index in [1.54, 1.807) is 0 Å². The Labute approximate surface area is 100 Å². The molecular formula is C13H17N3O. The molecule has 0 spiro atoms. The number of H-pyrrole nitrogens is 1. The Morgan fingerprint density at radius 3 is 2.71 bits per heavy atom. The van der Waals surface area contributed by atoms with Crippen LogP contribution in [-0.4, -0.2) is 15.9 Å². The maximum absolute atomic E-state index is 11.7. The van der Waals surface area contributed by atoms with Crippen LogP contribution in [0.3, 0.4) is 0 Å². The van der Waals surface area contributed by atoms with Gasteiger partial charge >= 0.3 is 0 Å². The minimum Gasteiger partial charge on any atom is -0.348 e. The van der Waals surface area contributed by atoms with Gasteiger partial charge in [0.15, 0.2) is 0 Å². The predicted octanol–water partition coefficient (Wildman–Crippen LogP) is 2.23. The van der Waals surface area contributed by atoms with Crippen LogP contribution in [0.4, 0.5) is 0 Å². The van der Waals surface area contributed by atoms with Gasteiger partial charge in [0.05, 0.1) is 17.6 Å². The van der Waals surface area contributed by atoms with Gasteiger partial charge in [-0.1, -0.05) is 32.9 Å². The molecular weight excluding hydrogens is 214 g/mol. The number of carbonyl (C=O) groups is 1. The number of aromatic amines is 1. The lowest BCUT2D eigenvalue weighted by Crippen LogP contribution is -2.34. The zero-order chi connectivity index (χ0) is 12.5. The molecule has 2 rings (SSSR count). The second kappa shape index (κ2) is 4.20. The Morgan fingerprint density at radius 1 is 1.35 bits per heavy atom. The van der Waals surface area contributed by atoms with Crippen molar-refractivity contribution < 1.29 is 4.79 Å². The van der Waals surface area contributed by atoms with E-state index in [4.69, 9.17) is 0 Å². The number of nitrogens with zero attached hydrogens (tertiary/aromatic N) is 1. The number of rotatable bonds is 2. The summed E-state index contributed by atoms with van der Waals surface area (Å²) in [5.41, 5.74) is 1.55. The Bertz CT molecular complexity index is 504. The van der Waals surface area contributed by atoms with E-state index in [1.165, 1.54) is 0 Å². The van der Waals surface area contributed by atoms with Crippen molar-refractivity contribution in [2.75, 3.05) is 0 Å². The summed E-state index contributed by atoms with van der Waals surface area (Å²) in [5, 5.41) is 2.87. The van der Waals surface area contributed by atoms with E-state index < -0.39 is 0 Å². The highest BCUT2D eigenvalue weighted by atomic mass is 16.2. The normalized spacial score (nSPS) is 11.7. The molecule has 0 unspecified atom stereocenters. The molecule has 1 amide bonds. The summed E-state index contributed by atoms with van der Waals surface area (Å²) in [7, 11) is 0. The van der Waals surface area contributed by atoms with Gasteiger partial charge in [-0.05, 0) is 12.1 Å². The molecule has 1 aromatic heterocycles. The first-order chi connectivity index (χ1) is 7.97. The molecule has 90 valence electrons. The summed E-state index contributed by atoms with van der Waals surface area (Å²) < 4.78 is 0. The lowest BCUT2D eigenvalue weighted by atomic mass is 9.96. The topological polar surface area (TPSA) is 57.8 Å².